The number of hydrogen-bond acceptors (Lipinski definition) is 6. The molecule has 1 amide bonds. The first kappa shape index (κ1) is 23.6. The fourth-order valence-corrected chi connectivity index (χ4v) is 3.18. The number of ether oxygens (including phenoxy) is 3. The average Bonchev–Trinajstić information content (AvgIpc) is 2.81. The Morgan fingerprint density at radius 3 is 2.32 bits per heavy atom. The average molecular weight is 424 g/mol. The van der Waals surface area contributed by atoms with Gasteiger partial charge in [-0.1, -0.05) is 0 Å². The van der Waals surface area contributed by atoms with Crippen LogP contribution < -0.4 is 24.4 Å². The maximum atomic E-state index is 12.6. The number of anilines is 1. The number of rotatable bonds is 10. The van der Waals surface area contributed by atoms with E-state index in [1.807, 2.05) is 30.3 Å². The molecule has 0 saturated heterocycles. The van der Waals surface area contributed by atoms with E-state index in [-0.39, 0.29) is 12.1 Å². The number of benzene rings is 2. The Labute approximate surface area is 183 Å². The second kappa shape index (κ2) is 11.5. The smallest absolute Gasteiger partial charge is 0.262 e. The van der Waals surface area contributed by atoms with Crippen molar-refractivity contribution >= 4 is 17.7 Å². The second-order valence-electron chi connectivity index (χ2n) is 6.63. The molecular weight excluding hydrogens is 394 g/mol. The van der Waals surface area contributed by atoms with Gasteiger partial charge in [-0.2, -0.15) is 5.26 Å². The highest BCUT2D eigenvalue weighted by Gasteiger charge is 2.13. The van der Waals surface area contributed by atoms with E-state index in [9.17, 15) is 10.1 Å². The number of nitrogens with zero attached hydrogens (tertiary/aromatic N) is 2. The van der Waals surface area contributed by atoms with Crippen molar-refractivity contribution in [1.82, 2.24) is 5.32 Å². The molecule has 0 aliphatic heterocycles. The minimum Gasteiger partial charge on any atom is -0.497 e. The summed E-state index contributed by atoms with van der Waals surface area (Å²) in [6.45, 7) is 6.12. The molecule has 0 heterocycles. The maximum absolute atomic E-state index is 12.6. The summed E-state index contributed by atoms with van der Waals surface area (Å²) in [6, 6.07) is 13.0. The van der Waals surface area contributed by atoms with Gasteiger partial charge in [-0.15, -0.1) is 0 Å². The summed E-state index contributed by atoms with van der Waals surface area (Å²) in [5.41, 5.74) is 2.44. The molecule has 0 atom stereocenters. The molecule has 2 rings (SSSR count). The van der Waals surface area contributed by atoms with Crippen molar-refractivity contribution < 1.29 is 19.0 Å². The summed E-state index contributed by atoms with van der Waals surface area (Å²) < 4.78 is 16.0. The van der Waals surface area contributed by atoms with Gasteiger partial charge in [0.1, 0.15) is 28.9 Å². The third-order valence-corrected chi connectivity index (χ3v) is 4.94. The number of carbonyl (C=O) groups is 1. The lowest BCUT2D eigenvalue weighted by molar-refractivity contribution is -0.117. The van der Waals surface area contributed by atoms with Gasteiger partial charge >= 0.3 is 0 Å². The highest BCUT2D eigenvalue weighted by Crippen LogP contribution is 2.28. The topological polar surface area (TPSA) is 83.8 Å². The predicted octanol–water partition coefficient (Wildman–Crippen LogP) is 3.78. The quantitative estimate of drug-likeness (QED) is 0.462. The zero-order valence-corrected chi connectivity index (χ0v) is 18.7. The Morgan fingerprint density at radius 1 is 1.03 bits per heavy atom. The SMILES string of the molecule is CCN(CC)c1ccc(/C=C(\C#N)C(=O)NCc2ccc(OC)cc2OC)c(OC)c1. The number of methoxy groups -OCH3 is 3. The van der Waals surface area contributed by atoms with Crippen LogP contribution >= 0.6 is 0 Å². The van der Waals surface area contributed by atoms with Crippen LogP contribution in [0.15, 0.2) is 42.0 Å². The van der Waals surface area contributed by atoms with Crippen molar-refractivity contribution in [2.24, 2.45) is 0 Å². The molecule has 0 aliphatic carbocycles. The van der Waals surface area contributed by atoms with Crippen LogP contribution in [0.25, 0.3) is 6.08 Å². The van der Waals surface area contributed by atoms with Gasteiger partial charge in [-0.05, 0) is 44.2 Å². The number of hydrogen-bond donors (Lipinski definition) is 1. The van der Waals surface area contributed by atoms with E-state index < -0.39 is 5.91 Å². The minimum atomic E-state index is -0.477. The number of carbonyl (C=O) groups excluding carboxylic acids is 1. The fourth-order valence-electron chi connectivity index (χ4n) is 3.18. The third-order valence-electron chi connectivity index (χ3n) is 4.94. The van der Waals surface area contributed by atoms with Crippen LogP contribution in [0.3, 0.4) is 0 Å². The Hall–Kier alpha value is -3.66. The van der Waals surface area contributed by atoms with E-state index in [0.717, 1.165) is 24.3 Å². The molecule has 31 heavy (non-hydrogen) atoms. The largest absolute Gasteiger partial charge is 0.497 e. The highest BCUT2D eigenvalue weighted by molar-refractivity contribution is 6.02. The van der Waals surface area contributed by atoms with Gasteiger partial charge in [-0.3, -0.25) is 4.79 Å². The summed E-state index contributed by atoms with van der Waals surface area (Å²) >= 11 is 0. The van der Waals surface area contributed by atoms with Crippen LogP contribution in [0.4, 0.5) is 5.69 Å². The van der Waals surface area contributed by atoms with Gasteiger partial charge in [-0.25, -0.2) is 0 Å². The molecule has 0 radical (unpaired) electrons. The first-order valence-corrected chi connectivity index (χ1v) is 10.0. The number of amides is 1. The second-order valence-corrected chi connectivity index (χ2v) is 6.63. The van der Waals surface area contributed by atoms with E-state index in [2.05, 4.69) is 24.1 Å². The van der Waals surface area contributed by atoms with E-state index in [1.165, 1.54) is 6.08 Å². The lowest BCUT2D eigenvalue weighted by atomic mass is 10.1. The van der Waals surface area contributed by atoms with Gasteiger partial charge in [0.25, 0.3) is 5.91 Å². The highest BCUT2D eigenvalue weighted by atomic mass is 16.5. The fraction of sp³-hybridized carbons (Fsp3) is 0.333. The number of nitrogens with one attached hydrogen (secondary N) is 1. The van der Waals surface area contributed by atoms with Gasteiger partial charge in [0.05, 0.1) is 21.3 Å². The molecule has 2 aromatic carbocycles. The molecular formula is C24H29N3O4. The molecule has 0 saturated carbocycles. The molecule has 164 valence electrons. The first-order valence-electron chi connectivity index (χ1n) is 10.0. The Kier molecular flexibility index (Phi) is 8.77. The van der Waals surface area contributed by atoms with Gasteiger partial charge in [0.2, 0.25) is 0 Å². The molecule has 0 aliphatic rings. The summed E-state index contributed by atoms with van der Waals surface area (Å²) in [7, 11) is 4.69. The van der Waals surface area contributed by atoms with Crippen molar-refractivity contribution in [1.29, 1.82) is 5.26 Å². The zero-order valence-electron chi connectivity index (χ0n) is 18.7. The third kappa shape index (κ3) is 5.92. The summed E-state index contributed by atoms with van der Waals surface area (Å²) in [4.78, 5) is 14.8. The van der Waals surface area contributed by atoms with Crippen molar-refractivity contribution in [2.75, 3.05) is 39.3 Å². The molecule has 2 aromatic rings. The van der Waals surface area contributed by atoms with Crippen molar-refractivity contribution in [3.63, 3.8) is 0 Å². The molecule has 1 N–H and O–H groups in total. The zero-order chi connectivity index (χ0) is 22.8. The van der Waals surface area contributed by atoms with Gasteiger partial charge in [0.15, 0.2) is 0 Å². The van der Waals surface area contributed by atoms with Gasteiger partial charge < -0.3 is 24.4 Å². The normalized spacial score (nSPS) is 10.8. The Morgan fingerprint density at radius 2 is 1.74 bits per heavy atom. The lowest BCUT2D eigenvalue weighted by Gasteiger charge is -2.22. The monoisotopic (exact) mass is 423 g/mol. The van der Waals surface area contributed by atoms with Crippen LogP contribution in [0.1, 0.15) is 25.0 Å². The predicted molar refractivity (Wildman–Crippen MR) is 122 cm³/mol. The maximum Gasteiger partial charge on any atom is 0.262 e. The molecule has 7 heteroatoms. The van der Waals surface area contributed by atoms with Crippen LogP contribution in [-0.2, 0) is 11.3 Å². The Bertz CT molecular complexity index is 975. The van der Waals surface area contributed by atoms with Gasteiger partial charge in [0, 0.05) is 48.6 Å². The summed E-state index contributed by atoms with van der Waals surface area (Å²) in [5.74, 6) is 1.37. The standard InChI is InChI=1S/C24H29N3O4/c1-6-27(7-2)20-10-8-17(22(13-20)30-4)12-19(15-25)24(28)26-16-18-9-11-21(29-3)14-23(18)31-5/h8-14H,6-7,16H2,1-5H3,(H,26,28)/b19-12+. The van der Waals surface area contributed by atoms with E-state index in [4.69, 9.17) is 14.2 Å². The van der Waals surface area contributed by atoms with Crippen molar-refractivity contribution in [3.05, 3.63) is 53.1 Å². The summed E-state index contributed by atoms with van der Waals surface area (Å²) in [5, 5.41) is 12.3. The minimum absolute atomic E-state index is 0.0126. The van der Waals surface area contributed by atoms with E-state index in [0.29, 0.717) is 22.8 Å². The van der Waals surface area contributed by atoms with Crippen molar-refractivity contribution in [3.8, 4) is 23.3 Å². The van der Waals surface area contributed by atoms with Crippen LogP contribution in [0, 0.1) is 11.3 Å². The summed E-state index contributed by atoms with van der Waals surface area (Å²) in [6.07, 6.45) is 1.53. The van der Waals surface area contributed by atoms with E-state index in [1.54, 1.807) is 33.5 Å². The van der Waals surface area contributed by atoms with Crippen LogP contribution in [0.2, 0.25) is 0 Å². The molecule has 0 unspecified atom stereocenters. The van der Waals surface area contributed by atoms with E-state index >= 15 is 0 Å². The molecule has 7 nitrogen and oxygen atoms in total. The lowest BCUT2D eigenvalue weighted by Crippen LogP contribution is -2.24. The first-order chi connectivity index (χ1) is 15.0. The molecule has 0 fully saturated rings. The molecule has 0 spiro atoms. The van der Waals surface area contributed by atoms with Crippen LogP contribution in [-0.4, -0.2) is 40.3 Å². The molecule has 0 aromatic heterocycles. The van der Waals surface area contributed by atoms with Crippen molar-refractivity contribution in [2.45, 2.75) is 20.4 Å². The molecule has 0 bridgehead atoms. The van der Waals surface area contributed by atoms with Crippen LogP contribution in [0.5, 0.6) is 17.2 Å². The number of nitriles is 1. The Balaban J connectivity index is 2.22.